The van der Waals surface area contributed by atoms with Crippen molar-refractivity contribution in [1.29, 1.82) is 0 Å². The van der Waals surface area contributed by atoms with Crippen molar-refractivity contribution in [2.24, 2.45) is 0 Å². The monoisotopic (exact) mass is 656 g/mol. The molecule has 0 saturated heterocycles. The summed E-state index contributed by atoms with van der Waals surface area (Å²) in [5.41, 5.74) is 12.5. The Bertz CT molecular complexity index is 2800. The average molecular weight is 657 g/mol. The maximum Gasteiger partial charge on any atom is 0.160 e. The van der Waals surface area contributed by atoms with Crippen molar-refractivity contribution >= 4 is 42.3 Å². The molecule has 236 valence electrons. The number of hydrogen-bond acceptors (Lipinski definition) is 3. The molecule has 7 aromatic carbocycles. The molecule has 0 atom stereocenters. The number of aromatic nitrogens is 2. The summed E-state index contributed by atoms with van der Waals surface area (Å²) in [6, 6.07) is 56.8. The lowest BCUT2D eigenvalue weighted by Crippen LogP contribution is -2.16. The standard InChI is InChI=1S/C47H32N2S/c1-47(2)40-26-9-7-18-33(40)36-22-12-25-39(44(36)47)46-48-41(34-19-6-5-17-32(34)31-21-11-15-29-14-3-4-16-30(29)31)28-42(49-46)38-24-13-23-37-35-20-8-10-27-43(35)50-45(37)38/h3-28H,1-2H3. The van der Waals surface area contributed by atoms with Gasteiger partial charge in [0.15, 0.2) is 5.82 Å². The third-order valence-electron chi connectivity index (χ3n) is 10.5. The molecule has 2 nitrogen and oxygen atoms in total. The number of nitrogens with zero attached hydrogens (tertiary/aromatic N) is 2. The highest BCUT2D eigenvalue weighted by Crippen LogP contribution is 2.52. The van der Waals surface area contributed by atoms with Gasteiger partial charge in [0.25, 0.3) is 0 Å². The first-order valence-electron chi connectivity index (χ1n) is 17.2. The van der Waals surface area contributed by atoms with E-state index < -0.39 is 0 Å². The first kappa shape index (κ1) is 29.1. The molecule has 2 aromatic heterocycles. The zero-order valence-electron chi connectivity index (χ0n) is 27.8. The molecule has 0 aliphatic heterocycles. The fraction of sp³-hybridized carbons (Fsp3) is 0.0638. The van der Waals surface area contributed by atoms with Gasteiger partial charge in [-0.15, -0.1) is 11.3 Å². The molecule has 0 spiro atoms. The molecule has 3 heteroatoms. The van der Waals surface area contributed by atoms with Crippen LogP contribution >= 0.6 is 11.3 Å². The minimum Gasteiger partial charge on any atom is -0.228 e. The molecule has 9 aromatic rings. The maximum absolute atomic E-state index is 5.49. The highest BCUT2D eigenvalue weighted by Gasteiger charge is 2.38. The van der Waals surface area contributed by atoms with Crippen LogP contribution in [0.5, 0.6) is 0 Å². The van der Waals surface area contributed by atoms with Crippen molar-refractivity contribution in [3.63, 3.8) is 0 Å². The van der Waals surface area contributed by atoms with Crippen LogP contribution in [0.25, 0.3) is 87.1 Å². The van der Waals surface area contributed by atoms with Crippen molar-refractivity contribution in [1.82, 2.24) is 9.97 Å². The van der Waals surface area contributed by atoms with E-state index in [0.717, 1.165) is 39.5 Å². The lowest BCUT2D eigenvalue weighted by Gasteiger charge is -2.24. The third kappa shape index (κ3) is 4.33. The molecule has 0 N–H and O–H groups in total. The fourth-order valence-corrected chi connectivity index (χ4v) is 9.45. The van der Waals surface area contributed by atoms with E-state index in [0.29, 0.717) is 0 Å². The second-order valence-electron chi connectivity index (χ2n) is 13.7. The van der Waals surface area contributed by atoms with Crippen LogP contribution in [0.15, 0.2) is 158 Å². The van der Waals surface area contributed by atoms with Crippen LogP contribution in [0.3, 0.4) is 0 Å². The highest BCUT2D eigenvalue weighted by atomic mass is 32.1. The lowest BCUT2D eigenvalue weighted by atomic mass is 9.80. The largest absolute Gasteiger partial charge is 0.228 e. The van der Waals surface area contributed by atoms with Gasteiger partial charge in [0, 0.05) is 42.3 Å². The minimum absolute atomic E-state index is 0.200. The Hall–Kier alpha value is -5.90. The van der Waals surface area contributed by atoms with E-state index in [9.17, 15) is 0 Å². The summed E-state index contributed by atoms with van der Waals surface area (Å²) in [6.07, 6.45) is 0. The molecule has 10 rings (SSSR count). The van der Waals surface area contributed by atoms with Gasteiger partial charge in [0.1, 0.15) is 0 Å². The van der Waals surface area contributed by atoms with Gasteiger partial charge in [-0.3, -0.25) is 0 Å². The average Bonchev–Trinajstić information content (AvgIpc) is 3.67. The zero-order valence-corrected chi connectivity index (χ0v) is 28.6. The minimum atomic E-state index is -0.200. The Kier molecular flexibility index (Phi) is 6.43. The molecule has 0 saturated carbocycles. The molecule has 1 aliphatic rings. The number of hydrogen-bond donors (Lipinski definition) is 0. The van der Waals surface area contributed by atoms with Crippen LogP contribution < -0.4 is 0 Å². The molecule has 0 radical (unpaired) electrons. The van der Waals surface area contributed by atoms with Crippen molar-refractivity contribution in [3.05, 3.63) is 169 Å². The van der Waals surface area contributed by atoms with Gasteiger partial charge in [0.05, 0.1) is 11.4 Å². The normalized spacial score (nSPS) is 13.2. The first-order chi connectivity index (χ1) is 24.6. The number of benzene rings is 7. The van der Waals surface area contributed by atoms with Crippen LogP contribution in [-0.4, -0.2) is 9.97 Å². The van der Waals surface area contributed by atoms with Crippen LogP contribution in [0, 0.1) is 0 Å². The molecule has 0 amide bonds. The Morgan fingerprint density at radius 2 is 1.00 bits per heavy atom. The molecular formula is C47H32N2S. The van der Waals surface area contributed by atoms with Gasteiger partial charge in [0.2, 0.25) is 0 Å². The van der Waals surface area contributed by atoms with E-state index in [1.807, 2.05) is 11.3 Å². The predicted molar refractivity (Wildman–Crippen MR) is 212 cm³/mol. The van der Waals surface area contributed by atoms with Gasteiger partial charge < -0.3 is 0 Å². The van der Waals surface area contributed by atoms with Crippen molar-refractivity contribution in [3.8, 4) is 56.2 Å². The van der Waals surface area contributed by atoms with Crippen LogP contribution in [0.1, 0.15) is 25.0 Å². The smallest absolute Gasteiger partial charge is 0.160 e. The number of thiophene rings is 1. The Morgan fingerprint density at radius 3 is 1.88 bits per heavy atom. The van der Waals surface area contributed by atoms with Gasteiger partial charge in [-0.05, 0) is 56.3 Å². The summed E-state index contributed by atoms with van der Waals surface area (Å²) < 4.78 is 2.53. The molecule has 0 bridgehead atoms. The topological polar surface area (TPSA) is 25.8 Å². The maximum atomic E-state index is 5.49. The number of fused-ring (bicyclic) bond motifs is 7. The zero-order chi connectivity index (χ0) is 33.4. The Balaban J connectivity index is 1.27. The molecule has 0 unspecified atom stereocenters. The number of rotatable bonds is 4. The third-order valence-corrected chi connectivity index (χ3v) is 11.7. The van der Waals surface area contributed by atoms with E-state index in [2.05, 4.69) is 172 Å². The van der Waals surface area contributed by atoms with Gasteiger partial charge in [-0.1, -0.05) is 159 Å². The summed E-state index contributed by atoms with van der Waals surface area (Å²) in [7, 11) is 0. The summed E-state index contributed by atoms with van der Waals surface area (Å²) in [6.45, 7) is 4.67. The van der Waals surface area contributed by atoms with Crippen LogP contribution in [0.2, 0.25) is 0 Å². The van der Waals surface area contributed by atoms with Crippen LogP contribution in [-0.2, 0) is 5.41 Å². The van der Waals surface area contributed by atoms with Crippen molar-refractivity contribution in [2.45, 2.75) is 19.3 Å². The Morgan fingerprint density at radius 1 is 0.440 bits per heavy atom. The lowest BCUT2D eigenvalue weighted by molar-refractivity contribution is 0.661. The van der Waals surface area contributed by atoms with Gasteiger partial charge in [-0.25, -0.2) is 9.97 Å². The predicted octanol–water partition coefficient (Wildman–Crippen LogP) is 13.0. The summed E-state index contributed by atoms with van der Waals surface area (Å²) in [5.74, 6) is 0.751. The highest BCUT2D eigenvalue weighted by molar-refractivity contribution is 7.26. The second-order valence-corrected chi connectivity index (χ2v) is 14.8. The quantitative estimate of drug-likeness (QED) is 0.188. The Labute approximate surface area is 295 Å². The van der Waals surface area contributed by atoms with E-state index in [1.165, 1.54) is 58.8 Å². The second kappa shape index (κ2) is 11.1. The first-order valence-corrected chi connectivity index (χ1v) is 18.0. The van der Waals surface area contributed by atoms with E-state index in [1.54, 1.807) is 0 Å². The molecule has 50 heavy (non-hydrogen) atoms. The molecule has 2 heterocycles. The molecular weight excluding hydrogens is 625 g/mol. The van der Waals surface area contributed by atoms with E-state index in [4.69, 9.17) is 9.97 Å². The van der Waals surface area contributed by atoms with Gasteiger partial charge >= 0.3 is 0 Å². The van der Waals surface area contributed by atoms with Crippen molar-refractivity contribution in [2.75, 3.05) is 0 Å². The molecule has 1 aliphatic carbocycles. The van der Waals surface area contributed by atoms with Crippen molar-refractivity contribution < 1.29 is 0 Å². The summed E-state index contributed by atoms with van der Waals surface area (Å²) in [5, 5.41) is 5.00. The van der Waals surface area contributed by atoms with E-state index in [-0.39, 0.29) is 5.41 Å². The SMILES string of the molecule is CC1(C)c2ccccc2-c2cccc(-c3nc(-c4ccccc4-c4cccc5ccccc45)cc(-c4cccc5c4sc4ccccc45)n3)c21. The summed E-state index contributed by atoms with van der Waals surface area (Å²) in [4.78, 5) is 11.0. The summed E-state index contributed by atoms with van der Waals surface area (Å²) >= 11 is 1.84. The van der Waals surface area contributed by atoms with Gasteiger partial charge in [-0.2, -0.15) is 0 Å². The molecule has 0 fully saturated rings. The van der Waals surface area contributed by atoms with Crippen LogP contribution in [0.4, 0.5) is 0 Å². The van der Waals surface area contributed by atoms with E-state index >= 15 is 0 Å². The fourth-order valence-electron chi connectivity index (χ4n) is 8.23.